The van der Waals surface area contributed by atoms with E-state index in [2.05, 4.69) is 15.6 Å². The van der Waals surface area contributed by atoms with Crippen LogP contribution in [0.4, 0.5) is 4.79 Å². The van der Waals surface area contributed by atoms with Crippen molar-refractivity contribution in [3.05, 3.63) is 64.9 Å². The van der Waals surface area contributed by atoms with Gasteiger partial charge in [0, 0.05) is 23.7 Å². The predicted molar refractivity (Wildman–Crippen MR) is 130 cm³/mol. The van der Waals surface area contributed by atoms with Gasteiger partial charge in [-0.3, -0.25) is 9.78 Å². The Kier molecular flexibility index (Phi) is 8.73. The molecule has 2 amide bonds. The molecule has 7 heteroatoms. The Morgan fingerprint density at radius 1 is 1.12 bits per heavy atom. The van der Waals surface area contributed by atoms with E-state index in [0.29, 0.717) is 23.9 Å². The largest absolute Gasteiger partial charge is 0.444 e. The zero-order valence-electron chi connectivity index (χ0n) is 19.6. The summed E-state index contributed by atoms with van der Waals surface area (Å²) in [4.78, 5) is 29.5. The maximum Gasteiger partial charge on any atom is 0.407 e. The summed E-state index contributed by atoms with van der Waals surface area (Å²) in [5.41, 5.74) is 1.38. The van der Waals surface area contributed by atoms with Gasteiger partial charge in [0.05, 0.1) is 11.7 Å². The van der Waals surface area contributed by atoms with E-state index in [9.17, 15) is 9.59 Å². The molecule has 1 saturated carbocycles. The van der Waals surface area contributed by atoms with Gasteiger partial charge in [-0.25, -0.2) is 4.79 Å². The first-order valence-electron chi connectivity index (χ1n) is 11.6. The van der Waals surface area contributed by atoms with E-state index in [-0.39, 0.29) is 24.0 Å². The summed E-state index contributed by atoms with van der Waals surface area (Å²) in [6.45, 7) is 6.12. The Morgan fingerprint density at radius 3 is 2.45 bits per heavy atom. The fourth-order valence-electron chi connectivity index (χ4n) is 4.15. The zero-order valence-corrected chi connectivity index (χ0v) is 20.4. The molecule has 0 saturated heterocycles. The Balaban J connectivity index is 1.54. The van der Waals surface area contributed by atoms with Crippen LogP contribution in [0.15, 0.2) is 48.7 Å². The number of hydrogen-bond acceptors (Lipinski definition) is 4. The maximum absolute atomic E-state index is 13.1. The van der Waals surface area contributed by atoms with Gasteiger partial charge in [0.2, 0.25) is 5.91 Å². The van der Waals surface area contributed by atoms with E-state index in [1.54, 1.807) is 12.3 Å². The highest BCUT2D eigenvalue weighted by molar-refractivity contribution is 6.30. The second-order valence-corrected chi connectivity index (χ2v) is 10.2. The van der Waals surface area contributed by atoms with Crippen molar-refractivity contribution in [3.63, 3.8) is 0 Å². The molecule has 0 radical (unpaired) electrons. The number of halogens is 1. The standard InChI is InChI=1S/C26H34ClN3O3/c1-26(2,3)33-25(32)29-17-19-9-11-20(12-10-19)24(31)30-23(15-18-7-5-4-6-8-18)22-16-21(27)13-14-28-22/h4-8,13-14,16,19-20,23H,9-12,15,17H2,1-3H3,(H,29,32)(H,30,31). The number of amides is 2. The minimum Gasteiger partial charge on any atom is -0.444 e. The van der Waals surface area contributed by atoms with Gasteiger partial charge in [0.1, 0.15) is 5.60 Å². The molecule has 1 fully saturated rings. The van der Waals surface area contributed by atoms with Crippen LogP contribution in [0.5, 0.6) is 0 Å². The van der Waals surface area contributed by atoms with E-state index in [1.807, 2.05) is 57.2 Å². The fraction of sp³-hybridized carbons (Fsp3) is 0.500. The third kappa shape index (κ3) is 8.35. The Hall–Kier alpha value is -2.60. The third-order valence-electron chi connectivity index (χ3n) is 5.85. The van der Waals surface area contributed by atoms with Gasteiger partial charge in [-0.2, -0.15) is 0 Å². The van der Waals surface area contributed by atoms with Gasteiger partial charge in [-0.1, -0.05) is 41.9 Å². The van der Waals surface area contributed by atoms with Gasteiger partial charge in [-0.05, 0) is 76.5 Å². The number of nitrogens with one attached hydrogen (secondary N) is 2. The molecule has 1 aliphatic rings. The molecule has 0 spiro atoms. The van der Waals surface area contributed by atoms with Crippen molar-refractivity contribution in [2.45, 2.75) is 64.5 Å². The predicted octanol–water partition coefficient (Wildman–Crippen LogP) is 5.47. The molecule has 2 aromatic rings. The van der Waals surface area contributed by atoms with Gasteiger partial charge < -0.3 is 15.4 Å². The fourth-order valence-corrected chi connectivity index (χ4v) is 4.32. The molecule has 178 valence electrons. The highest BCUT2D eigenvalue weighted by atomic mass is 35.5. The number of rotatable bonds is 7. The van der Waals surface area contributed by atoms with Crippen molar-refractivity contribution in [2.75, 3.05) is 6.54 Å². The summed E-state index contributed by atoms with van der Waals surface area (Å²) in [7, 11) is 0. The Labute approximate surface area is 201 Å². The normalized spacial score (nSPS) is 19.4. The molecule has 1 heterocycles. The first-order valence-corrected chi connectivity index (χ1v) is 12.0. The molecule has 0 aliphatic heterocycles. The highest BCUT2D eigenvalue weighted by Crippen LogP contribution is 2.30. The molecule has 33 heavy (non-hydrogen) atoms. The maximum atomic E-state index is 13.1. The quantitative estimate of drug-likeness (QED) is 0.561. The lowest BCUT2D eigenvalue weighted by Crippen LogP contribution is -2.39. The average Bonchev–Trinajstić information content (AvgIpc) is 2.77. The van der Waals surface area contributed by atoms with Crippen LogP contribution in [-0.4, -0.2) is 29.1 Å². The molecule has 6 nitrogen and oxygen atoms in total. The van der Waals surface area contributed by atoms with Gasteiger partial charge in [-0.15, -0.1) is 0 Å². The first kappa shape index (κ1) is 25.0. The van der Waals surface area contributed by atoms with Crippen LogP contribution in [0.1, 0.15) is 63.8 Å². The molecular formula is C26H34ClN3O3. The van der Waals surface area contributed by atoms with Crippen molar-refractivity contribution in [1.82, 2.24) is 15.6 Å². The van der Waals surface area contributed by atoms with Crippen LogP contribution < -0.4 is 10.6 Å². The number of carbonyl (C=O) groups is 2. The topological polar surface area (TPSA) is 80.3 Å². The van der Waals surface area contributed by atoms with Gasteiger partial charge >= 0.3 is 6.09 Å². The Bertz CT molecular complexity index is 922. The van der Waals surface area contributed by atoms with Crippen molar-refractivity contribution < 1.29 is 14.3 Å². The van der Waals surface area contributed by atoms with Crippen LogP contribution in [0.25, 0.3) is 0 Å². The summed E-state index contributed by atoms with van der Waals surface area (Å²) in [5, 5.41) is 6.68. The number of nitrogens with zero attached hydrogens (tertiary/aromatic N) is 1. The molecule has 0 bridgehead atoms. The molecule has 2 N–H and O–H groups in total. The molecule has 1 unspecified atom stereocenters. The summed E-state index contributed by atoms with van der Waals surface area (Å²) in [6, 6.07) is 13.4. The summed E-state index contributed by atoms with van der Waals surface area (Å²) in [6.07, 6.45) is 5.32. The van der Waals surface area contributed by atoms with E-state index < -0.39 is 5.60 Å². The van der Waals surface area contributed by atoms with Crippen LogP contribution in [0, 0.1) is 11.8 Å². The van der Waals surface area contributed by atoms with Crippen LogP contribution in [-0.2, 0) is 16.0 Å². The van der Waals surface area contributed by atoms with Gasteiger partial charge in [0.15, 0.2) is 0 Å². The number of pyridine rings is 1. The zero-order chi connectivity index (χ0) is 23.8. The van der Waals surface area contributed by atoms with Crippen LogP contribution >= 0.6 is 11.6 Å². The van der Waals surface area contributed by atoms with E-state index in [4.69, 9.17) is 16.3 Å². The average molecular weight is 472 g/mol. The van der Waals surface area contributed by atoms with E-state index >= 15 is 0 Å². The van der Waals surface area contributed by atoms with E-state index in [1.165, 1.54) is 0 Å². The smallest absolute Gasteiger partial charge is 0.407 e. The second kappa shape index (κ2) is 11.5. The van der Waals surface area contributed by atoms with Crippen molar-refractivity contribution in [1.29, 1.82) is 0 Å². The molecular weight excluding hydrogens is 438 g/mol. The molecule has 3 rings (SSSR count). The lowest BCUT2D eigenvalue weighted by molar-refractivity contribution is -0.127. The van der Waals surface area contributed by atoms with Crippen molar-refractivity contribution in [2.24, 2.45) is 11.8 Å². The molecule has 1 aromatic heterocycles. The lowest BCUT2D eigenvalue weighted by atomic mass is 9.81. The number of ether oxygens (including phenoxy) is 1. The third-order valence-corrected chi connectivity index (χ3v) is 6.09. The molecule has 1 atom stereocenters. The lowest BCUT2D eigenvalue weighted by Gasteiger charge is -2.29. The van der Waals surface area contributed by atoms with Gasteiger partial charge in [0.25, 0.3) is 0 Å². The van der Waals surface area contributed by atoms with Crippen LogP contribution in [0.2, 0.25) is 5.02 Å². The Morgan fingerprint density at radius 2 is 1.82 bits per heavy atom. The van der Waals surface area contributed by atoms with E-state index in [0.717, 1.165) is 36.9 Å². The number of aromatic nitrogens is 1. The second-order valence-electron chi connectivity index (χ2n) is 9.75. The minimum absolute atomic E-state index is 0.0414. The SMILES string of the molecule is CC(C)(C)OC(=O)NCC1CCC(C(=O)NC(Cc2ccccc2)c2cc(Cl)ccn2)CC1. The summed E-state index contributed by atoms with van der Waals surface area (Å²) < 4.78 is 5.30. The molecule has 1 aromatic carbocycles. The summed E-state index contributed by atoms with van der Waals surface area (Å²) in [5.74, 6) is 0.368. The number of carbonyl (C=O) groups excluding carboxylic acids is 2. The highest BCUT2D eigenvalue weighted by Gasteiger charge is 2.29. The number of benzene rings is 1. The number of hydrogen-bond donors (Lipinski definition) is 2. The molecule has 1 aliphatic carbocycles. The first-order chi connectivity index (χ1) is 15.7. The number of alkyl carbamates (subject to hydrolysis) is 1. The monoisotopic (exact) mass is 471 g/mol. The summed E-state index contributed by atoms with van der Waals surface area (Å²) >= 11 is 6.19. The van der Waals surface area contributed by atoms with Crippen molar-refractivity contribution >= 4 is 23.6 Å². The van der Waals surface area contributed by atoms with Crippen LogP contribution in [0.3, 0.4) is 0 Å². The van der Waals surface area contributed by atoms with Crippen molar-refractivity contribution in [3.8, 4) is 0 Å². The minimum atomic E-state index is -0.506.